The molecule has 0 saturated carbocycles. The molecule has 1 saturated heterocycles. The second-order valence-corrected chi connectivity index (χ2v) is 6.97. The summed E-state index contributed by atoms with van der Waals surface area (Å²) in [6.45, 7) is 1.12. The number of benzene rings is 1. The molecule has 7 heteroatoms. The Hall–Kier alpha value is -1.92. The summed E-state index contributed by atoms with van der Waals surface area (Å²) in [5.41, 5.74) is -0.128. The maximum atomic E-state index is 13.8. The molecule has 2 amide bonds. The van der Waals surface area contributed by atoms with E-state index in [0.29, 0.717) is 25.9 Å². The number of hydrogen-bond donors (Lipinski definition) is 1. The highest BCUT2D eigenvalue weighted by Crippen LogP contribution is 2.21. The van der Waals surface area contributed by atoms with Crippen LogP contribution >= 0.6 is 22.9 Å². The van der Waals surface area contributed by atoms with E-state index < -0.39 is 11.7 Å². The number of amides is 2. The third kappa shape index (κ3) is 3.60. The van der Waals surface area contributed by atoms with Crippen molar-refractivity contribution < 1.29 is 14.0 Å². The molecule has 1 aromatic carbocycles. The van der Waals surface area contributed by atoms with E-state index in [-0.39, 0.29) is 22.5 Å². The molecular formula is C17H16ClFN2O2S. The van der Waals surface area contributed by atoms with Gasteiger partial charge in [-0.05, 0) is 36.4 Å². The number of rotatable bonds is 3. The van der Waals surface area contributed by atoms with Crippen LogP contribution in [0.2, 0.25) is 5.02 Å². The summed E-state index contributed by atoms with van der Waals surface area (Å²) in [4.78, 5) is 27.0. The van der Waals surface area contributed by atoms with Crippen molar-refractivity contribution in [1.29, 1.82) is 0 Å². The van der Waals surface area contributed by atoms with Gasteiger partial charge in [0, 0.05) is 19.1 Å². The highest BCUT2D eigenvalue weighted by molar-refractivity contribution is 7.12. The third-order valence-electron chi connectivity index (χ3n) is 4.04. The van der Waals surface area contributed by atoms with Crippen LogP contribution < -0.4 is 5.32 Å². The Morgan fingerprint density at radius 1 is 1.21 bits per heavy atom. The summed E-state index contributed by atoms with van der Waals surface area (Å²) in [7, 11) is 0. The van der Waals surface area contributed by atoms with Crippen LogP contribution in [0.1, 0.15) is 32.9 Å². The van der Waals surface area contributed by atoms with Gasteiger partial charge in [-0.25, -0.2) is 4.39 Å². The Bertz CT molecular complexity index is 723. The third-order valence-corrected chi connectivity index (χ3v) is 5.21. The van der Waals surface area contributed by atoms with Gasteiger partial charge in [-0.15, -0.1) is 11.3 Å². The van der Waals surface area contributed by atoms with Crippen molar-refractivity contribution in [3.8, 4) is 0 Å². The zero-order valence-corrected chi connectivity index (χ0v) is 14.4. The second-order valence-electron chi connectivity index (χ2n) is 5.61. The monoisotopic (exact) mass is 366 g/mol. The van der Waals surface area contributed by atoms with E-state index in [1.807, 2.05) is 11.4 Å². The number of hydrogen-bond acceptors (Lipinski definition) is 3. The predicted molar refractivity (Wildman–Crippen MR) is 92.1 cm³/mol. The molecular weight excluding hydrogens is 351 g/mol. The van der Waals surface area contributed by atoms with E-state index >= 15 is 0 Å². The molecule has 1 aromatic heterocycles. The van der Waals surface area contributed by atoms with Crippen LogP contribution in [-0.2, 0) is 0 Å². The Kier molecular flexibility index (Phi) is 5.16. The van der Waals surface area contributed by atoms with Crippen LogP contribution in [0, 0.1) is 5.82 Å². The lowest BCUT2D eigenvalue weighted by molar-refractivity contribution is 0.0702. The van der Waals surface area contributed by atoms with Crippen molar-refractivity contribution in [2.75, 3.05) is 13.1 Å². The van der Waals surface area contributed by atoms with Gasteiger partial charge in [0.15, 0.2) is 0 Å². The minimum Gasteiger partial charge on any atom is -0.349 e. The molecule has 126 valence electrons. The van der Waals surface area contributed by atoms with E-state index in [1.165, 1.54) is 29.5 Å². The lowest BCUT2D eigenvalue weighted by atomic mass is 10.0. The van der Waals surface area contributed by atoms with Gasteiger partial charge >= 0.3 is 0 Å². The minimum atomic E-state index is -0.634. The Labute approximate surface area is 148 Å². The van der Waals surface area contributed by atoms with Gasteiger partial charge in [-0.2, -0.15) is 0 Å². The summed E-state index contributed by atoms with van der Waals surface area (Å²) in [6.07, 6.45) is 1.27. The number of thiophene rings is 1. The molecule has 0 aliphatic carbocycles. The topological polar surface area (TPSA) is 49.4 Å². The van der Waals surface area contributed by atoms with Crippen LogP contribution in [-0.4, -0.2) is 35.8 Å². The molecule has 3 rings (SSSR count). The first kappa shape index (κ1) is 16.9. The molecule has 1 N–H and O–H groups in total. The summed E-state index contributed by atoms with van der Waals surface area (Å²) in [5.74, 6) is -1.13. The van der Waals surface area contributed by atoms with Gasteiger partial charge in [0.05, 0.1) is 15.5 Å². The molecule has 2 aromatic rings. The number of piperidine rings is 1. The molecule has 0 unspecified atom stereocenters. The number of likely N-dealkylation sites (tertiary alicyclic amines) is 1. The standard InChI is InChI=1S/C17H16ClFN2O2S/c18-12-3-1-4-13(19)15(12)16(22)20-11-6-8-21(9-7-11)17(23)14-5-2-10-24-14/h1-5,10-11H,6-9H2,(H,20,22). The Morgan fingerprint density at radius 3 is 2.58 bits per heavy atom. The number of carbonyl (C=O) groups excluding carboxylic acids is 2. The van der Waals surface area contributed by atoms with Gasteiger partial charge in [-0.3, -0.25) is 9.59 Å². The average molecular weight is 367 g/mol. The number of nitrogens with one attached hydrogen (secondary N) is 1. The number of carbonyl (C=O) groups is 2. The van der Waals surface area contributed by atoms with Crippen LogP contribution in [0.5, 0.6) is 0 Å². The first-order valence-electron chi connectivity index (χ1n) is 7.64. The number of nitrogens with zero attached hydrogens (tertiary/aromatic N) is 1. The largest absolute Gasteiger partial charge is 0.349 e. The summed E-state index contributed by atoms with van der Waals surface area (Å²) in [6, 6.07) is 7.72. The van der Waals surface area contributed by atoms with Gasteiger partial charge in [0.25, 0.3) is 11.8 Å². The first-order valence-corrected chi connectivity index (χ1v) is 8.89. The maximum absolute atomic E-state index is 13.8. The Balaban J connectivity index is 1.58. The highest BCUT2D eigenvalue weighted by Gasteiger charge is 2.26. The molecule has 1 aliphatic heterocycles. The van der Waals surface area contributed by atoms with Crippen molar-refractivity contribution in [1.82, 2.24) is 10.2 Å². The molecule has 1 fully saturated rings. The predicted octanol–water partition coefficient (Wildman–Crippen LogP) is 3.58. The van der Waals surface area contributed by atoms with Gasteiger partial charge < -0.3 is 10.2 Å². The van der Waals surface area contributed by atoms with Crippen molar-refractivity contribution in [3.63, 3.8) is 0 Å². The average Bonchev–Trinajstić information content (AvgIpc) is 3.09. The second kappa shape index (κ2) is 7.32. The molecule has 4 nitrogen and oxygen atoms in total. The summed E-state index contributed by atoms with van der Waals surface area (Å²) < 4.78 is 13.8. The molecule has 0 spiro atoms. The van der Waals surface area contributed by atoms with Crippen LogP contribution in [0.3, 0.4) is 0 Å². The normalized spacial score (nSPS) is 15.3. The van der Waals surface area contributed by atoms with E-state index in [1.54, 1.807) is 11.0 Å². The van der Waals surface area contributed by atoms with Crippen LogP contribution in [0.4, 0.5) is 4.39 Å². The fourth-order valence-corrected chi connectivity index (χ4v) is 3.69. The van der Waals surface area contributed by atoms with E-state index in [4.69, 9.17) is 11.6 Å². The summed E-state index contributed by atoms with van der Waals surface area (Å²) in [5, 5.41) is 4.78. The fraction of sp³-hybridized carbons (Fsp3) is 0.294. The Morgan fingerprint density at radius 2 is 1.96 bits per heavy atom. The fourth-order valence-electron chi connectivity index (χ4n) is 2.76. The van der Waals surface area contributed by atoms with Crippen molar-refractivity contribution in [2.45, 2.75) is 18.9 Å². The lowest BCUT2D eigenvalue weighted by Gasteiger charge is -2.32. The highest BCUT2D eigenvalue weighted by atomic mass is 35.5. The molecule has 0 atom stereocenters. The quantitative estimate of drug-likeness (QED) is 0.902. The van der Waals surface area contributed by atoms with Crippen molar-refractivity contribution in [2.24, 2.45) is 0 Å². The zero-order chi connectivity index (χ0) is 17.1. The maximum Gasteiger partial charge on any atom is 0.263 e. The van der Waals surface area contributed by atoms with Crippen molar-refractivity contribution >= 4 is 34.8 Å². The lowest BCUT2D eigenvalue weighted by Crippen LogP contribution is -2.46. The van der Waals surface area contributed by atoms with E-state index in [2.05, 4.69) is 5.32 Å². The van der Waals surface area contributed by atoms with Crippen molar-refractivity contribution in [3.05, 3.63) is 57.0 Å². The molecule has 2 heterocycles. The molecule has 24 heavy (non-hydrogen) atoms. The first-order chi connectivity index (χ1) is 11.6. The smallest absolute Gasteiger partial charge is 0.263 e. The van der Waals surface area contributed by atoms with E-state index in [9.17, 15) is 14.0 Å². The zero-order valence-electron chi connectivity index (χ0n) is 12.8. The molecule has 0 bridgehead atoms. The van der Waals surface area contributed by atoms with Crippen LogP contribution in [0.25, 0.3) is 0 Å². The summed E-state index contributed by atoms with van der Waals surface area (Å²) >= 11 is 7.33. The van der Waals surface area contributed by atoms with Gasteiger partial charge in [0.2, 0.25) is 0 Å². The molecule has 0 radical (unpaired) electrons. The molecule has 1 aliphatic rings. The van der Waals surface area contributed by atoms with E-state index in [0.717, 1.165) is 4.88 Å². The van der Waals surface area contributed by atoms with Gasteiger partial charge in [-0.1, -0.05) is 23.7 Å². The number of halogens is 2. The minimum absolute atomic E-state index is 0.0203. The van der Waals surface area contributed by atoms with Crippen LogP contribution in [0.15, 0.2) is 35.7 Å². The van der Waals surface area contributed by atoms with Gasteiger partial charge in [0.1, 0.15) is 5.82 Å². The SMILES string of the molecule is O=C(NC1CCN(C(=O)c2cccs2)CC1)c1c(F)cccc1Cl.